The van der Waals surface area contributed by atoms with E-state index in [1.54, 1.807) is 27.0 Å². The second-order valence-electron chi connectivity index (χ2n) is 10.3. The molecule has 0 aromatic carbocycles. The average molecular weight is 505 g/mol. The summed E-state index contributed by atoms with van der Waals surface area (Å²) in [4.78, 5) is 37.5. The van der Waals surface area contributed by atoms with Gasteiger partial charge < -0.3 is 25.2 Å². The van der Waals surface area contributed by atoms with Crippen LogP contribution in [0.15, 0.2) is 61.1 Å². The van der Waals surface area contributed by atoms with Crippen molar-refractivity contribution in [3.05, 3.63) is 66.6 Å². The molecule has 0 bridgehead atoms. The lowest BCUT2D eigenvalue weighted by molar-refractivity contribution is -0.120. The highest BCUT2D eigenvalue weighted by atomic mass is 16.6. The molecule has 1 aliphatic heterocycles. The highest BCUT2D eigenvalue weighted by Gasteiger charge is 2.20. The number of ether oxygens (including phenoxy) is 1. The molecule has 9 heteroatoms. The summed E-state index contributed by atoms with van der Waals surface area (Å²) in [7, 11) is 0. The van der Waals surface area contributed by atoms with Gasteiger partial charge in [-0.2, -0.15) is 0 Å². The maximum atomic E-state index is 12.2. The van der Waals surface area contributed by atoms with Crippen molar-refractivity contribution in [3.63, 3.8) is 0 Å². The number of nitrogens with zero attached hydrogens (tertiary/aromatic N) is 4. The van der Waals surface area contributed by atoms with E-state index in [-0.39, 0.29) is 18.4 Å². The van der Waals surface area contributed by atoms with Gasteiger partial charge in [-0.3, -0.25) is 9.78 Å². The smallest absolute Gasteiger partial charge is 0.408 e. The van der Waals surface area contributed by atoms with Gasteiger partial charge in [-0.05, 0) is 68.5 Å². The van der Waals surface area contributed by atoms with Crippen LogP contribution in [0, 0.1) is 5.92 Å². The van der Waals surface area contributed by atoms with E-state index in [0.717, 1.165) is 49.7 Å². The van der Waals surface area contributed by atoms with E-state index < -0.39 is 11.7 Å². The van der Waals surface area contributed by atoms with Gasteiger partial charge in [-0.25, -0.2) is 9.78 Å². The number of anilines is 2. The monoisotopic (exact) mass is 504 g/mol. The molecule has 2 aromatic heterocycles. The molecule has 1 fully saturated rings. The van der Waals surface area contributed by atoms with Gasteiger partial charge in [0.15, 0.2) is 0 Å². The molecule has 1 aliphatic carbocycles. The lowest BCUT2D eigenvalue weighted by Crippen LogP contribution is -2.46. The summed E-state index contributed by atoms with van der Waals surface area (Å²) in [6.45, 7) is 9.42. The number of rotatable bonds is 7. The SMILES string of the molecule is CC(C)(C)OC(=O)NCC(=O)NCC1C=CC=C(c2ccc(N3CCN(c4cccnc4)CC3)nc2)C1. The number of allylic oxidation sites excluding steroid dienone is 3. The Bertz CT molecular complexity index is 1120. The van der Waals surface area contributed by atoms with Crippen LogP contribution in [0.4, 0.5) is 16.3 Å². The van der Waals surface area contributed by atoms with E-state index >= 15 is 0 Å². The topological polar surface area (TPSA) is 99.7 Å². The molecule has 2 amide bonds. The Balaban J connectivity index is 1.22. The van der Waals surface area contributed by atoms with E-state index in [4.69, 9.17) is 9.72 Å². The Kier molecular flexibility index (Phi) is 8.43. The van der Waals surface area contributed by atoms with Gasteiger partial charge >= 0.3 is 6.09 Å². The van der Waals surface area contributed by atoms with E-state index in [1.165, 1.54) is 5.57 Å². The number of piperazine rings is 1. The van der Waals surface area contributed by atoms with Gasteiger partial charge in [0.1, 0.15) is 11.4 Å². The minimum absolute atomic E-state index is 0.115. The standard InChI is InChI=1S/C28H36N6O3/c1-28(2,3)37-27(36)32-20-26(35)31-17-21-6-4-7-22(16-21)23-9-10-25(30-18-23)34-14-12-33(13-15-34)24-8-5-11-29-19-24/h4-11,18-19,21H,12-17,20H2,1-3H3,(H,31,35)(H,32,36). The largest absolute Gasteiger partial charge is 0.444 e. The van der Waals surface area contributed by atoms with Crippen molar-refractivity contribution in [1.29, 1.82) is 0 Å². The van der Waals surface area contributed by atoms with Gasteiger partial charge in [0.25, 0.3) is 0 Å². The van der Waals surface area contributed by atoms with E-state index in [1.807, 2.05) is 24.5 Å². The first-order valence-electron chi connectivity index (χ1n) is 12.7. The van der Waals surface area contributed by atoms with Crippen LogP contribution in [0.3, 0.4) is 0 Å². The van der Waals surface area contributed by atoms with E-state index in [0.29, 0.717) is 6.54 Å². The molecule has 1 atom stereocenters. The lowest BCUT2D eigenvalue weighted by atomic mass is 9.90. The maximum Gasteiger partial charge on any atom is 0.408 e. The molecule has 3 heterocycles. The molecule has 2 aromatic rings. The summed E-state index contributed by atoms with van der Waals surface area (Å²) in [6.07, 6.45) is 12.1. The maximum absolute atomic E-state index is 12.2. The number of nitrogens with one attached hydrogen (secondary N) is 2. The zero-order valence-corrected chi connectivity index (χ0v) is 21.8. The molecule has 2 aliphatic rings. The van der Waals surface area contributed by atoms with Crippen molar-refractivity contribution in [3.8, 4) is 0 Å². The van der Waals surface area contributed by atoms with Crippen molar-refractivity contribution in [1.82, 2.24) is 20.6 Å². The highest BCUT2D eigenvalue weighted by Crippen LogP contribution is 2.28. The Labute approximate surface area is 218 Å². The van der Waals surface area contributed by atoms with Crippen molar-refractivity contribution < 1.29 is 14.3 Å². The second-order valence-corrected chi connectivity index (χ2v) is 10.3. The summed E-state index contributed by atoms with van der Waals surface area (Å²) < 4.78 is 5.15. The van der Waals surface area contributed by atoms with Crippen molar-refractivity contribution in [2.24, 2.45) is 5.92 Å². The molecule has 2 N–H and O–H groups in total. The van der Waals surface area contributed by atoms with Crippen LogP contribution >= 0.6 is 0 Å². The first-order valence-corrected chi connectivity index (χ1v) is 12.7. The molecule has 0 radical (unpaired) electrons. The van der Waals surface area contributed by atoms with E-state index in [9.17, 15) is 9.59 Å². The molecular formula is C28H36N6O3. The Morgan fingerprint density at radius 1 is 1.05 bits per heavy atom. The first kappa shape index (κ1) is 26.2. The summed E-state index contributed by atoms with van der Waals surface area (Å²) >= 11 is 0. The molecule has 0 spiro atoms. The Morgan fingerprint density at radius 3 is 2.51 bits per heavy atom. The number of pyridine rings is 2. The lowest BCUT2D eigenvalue weighted by Gasteiger charge is -2.36. The zero-order chi connectivity index (χ0) is 26.3. The number of hydrogen-bond acceptors (Lipinski definition) is 7. The Morgan fingerprint density at radius 2 is 1.84 bits per heavy atom. The van der Waals surface area contributed by atoms with Gasteiger partial charge in [0.2, 0.25) is 5.91 Å². The number of aromatic nitrogens is 2. The average Bonchev–Trinajstić information content (AvgIpc) is 2.91. The molecule has 4 rings (SSSR count). The van der Waals surface area contributed by atoms with Gasteiger partial charge in [-0.1, -0.05) is 18.2 Å². The van der Waals surface area contributed by atoms with Gasteiger partial charge in [-0.15, -0.1) is 0 Å². The third kappa shape index (κ3) is 7.80. The van der Waals surface area contributed by atoms with Crippen LogP contribution in [0.25, 0.3) is 5.57 Å². The Hall–Kier alpha value is -3.88. The number of carbonyl (C=O) groups is 2. The fourth-order valence-corrected chi connectivity index (χ4v) is 4.37. The number of amides is 2. The van der Waals surface area contributed by atoms with Crippen molar-refractivity contribution in [2.45, 2.75) is 32.8 Å². The van der Waals surface area contributed by atoms with Crippen molar-refractivity contribution in [2.75, 3.05) is 49.1 Å². The van der Waals surface area contributed by atoms with Gasteiger partial charge in [0.05, 0.1) is 18.4 Å². The normalized spacial score (nSPS) is 17.7. The third-order valence-corrected chi connectivity index (χ3v) is 6.25. The van der Waals surface area contributed by atoms with Crippen LogP contribution in [0.1, 0.15) is 32.8 Å². The summed E-state index contributed by atoms with van der Waals surface area (Å²) in [6, 6.07) is 8.29. The molecule has 1 saturated heterocycles. The van der Waals surface area contributed by atoms with Crippen molar-refractivity contribution >= 4 is 29.1 Å². The second kappa shape index (κ2) is 11.9. The number of carbonyl (C=O) groups excluding carboxylic acids is 2. The fourth-order valence-electron chi connectivity index (χ4n) is 4.37. The number of alkyl carbamates (subject to hydrolysis) is 1. The van der Waals surface area contributed by atoms with Gasteiger partial charge in [0, 0.05) is 45.1 Å². The zero-order valence-electron chi connectivity index (χ0n) is 21.8. The minimum Gasteiger partial charge on any atom is -0.444 e. The summed E-state index contributed by atoms with van der Waals surface area (Å²) in [5, 5.41) is 5.38. The third-order valence-electron chi connectivity index (χ3n) is 6.25. The molecule has 1 unspecified atom stereocenters. The molecule has 37 heavy (non-hydrogen) atoms. The summed E-state index contributed by atoms with van der Waals surface area (Å²) in [5.74, 6) is 0.915. The molecule has 9 nitrogen and oxygen atoms in total. The van der Waals surface area contributed by atoms with Crippen LogP contribution in [-0.4, -0.2) is 66.8 Å². The minimum atomic E-state index is -0.600. The molecule has 196 valence electrons. The quantitative estimate of drug-likeness (QED) is 0.596. The van der Waals surface area contributed by atoms with Crippen LogP contribution < -0.4 is 20.4 Å². The van der Waals surface area contributed by atoms with Crippen LogP contribution in [0.2, 0.25) is 0 Å². The van der Waals surface area contributed by atoms with E-state index in [2.05, 4.69) is 55.8 Å². The fraction of sp³-hybridized carbons (Fsp3) is 0.429. The van der Waals surface area contributed by atoms with Crippen LogP contribution in [0.5, 0.6) is 0 Å². The van der Waals surface area contributed by atoms with Crippen LogP contribution in [-0.2, 0) is 9.53 Å². The summed E-state index contributed by atoms with van der Waals surface area (Å²) in [5.41, 5.74) is 2.84. The molecular weight excluding hydrogens is 468 g/mol. The highest BCUT2D eigenvalue weighted by molar-refractivity contribution is 5.82. The number of hydrogen-bond donors (Lipinski definition) is 2. The molecule has 0 saturated carbocycles. The predicted molar refractivity (Wildman–Crippen MR) is 145 cm³/mol. The first-order chi connectivity index (χ1) is 17.8. The predicted octanol–water partition coefficient (Wildman–Crippen LogP) is 3.40.